The molecule has 1 aromatic heterocycles. The van der Waals surface area contributed by atoms with Crippen LogP contribution in [0.4, 0.5) is 23.7 Å². The number of aromatic nitrogens is 2. The molecule has 1 heterocycles. The van der Waals surface area contributed by atoms with Crippen LogP contribution in [0.15, 0.2) is 42.5 Å². The molecule has 0 bridgehead atoms. The Kier molecular flexibility index (Phi) is 6.85. The van der Waals surface area contributed by atoms with Crippen LogP contribution in [-0.2, 0) is 22.2 Å². The number of hydrogen-bond donors (Lipinski definition) is 2. The standard InChI is InChI=1S/C21H19F3N4O5/c1-32-17(29)12-7-8-13(18(30)33-2)15(11-12)27-20(31)25-9-10-28-16-6-4-3-5-14(16)26-19(28)21(22,23)24/h3-8,11H,9-10H2,1-2H3,(H2,25,27,31). The largest absolute Gasteiger partial charge is 0.465 e. The number of carbonyl (C=O) groups excluding carboxylic acids is 3. The number of alkyl halides is 3. The number of ether oxygens (including phenoxy) is 2. The summed E-state index contributed by atoms with van der Waals surface area (Å²) in [7, 11) is 2.32. The van der Waals surface area contributed by atoms with Gasteiger partial charge in [-0.3, -0.25) is 0 Å². The van der Waals surface area contributed by atoms with E-state index in [4.69, 9.17) is 0 Å². The van der Waals surface area contributed by atoms with Gasteiger partial charge in [0, 0.05) is 13.1 Å². The van der Waals surface area contributed by atoms with Gasteiger partial charge in [-0.25, -0.2) is 19.4 Å². The highest BCUT2D eigenvalue weighted by Gasteiger charge is 2.37. The maximum absolute atomic E-state index is 13.4. The van der Waals surface area contributed by atoms with E-state index in [-0.39, 0.29) is 40.9 Å². The molecule has 0 saturated carbocycles. The van der Waals surface area contributed by atoms with Crippen LogP contribution in [0.3, 0.4) is 0 Å². The van der Waals surface area contributed by atoms with Crippen molar-refractivity contribution in [3.8, 4) is 0 Å². The number of hydrogen-bond acceptors (Lipinski definition) is 6. The fourth-order valence-corrected chi connectivity index (χ4v) is 3.15. The van der Waals surface area contributed by atoms with Gasteiger partial charge in [0.05, 0.1) is 42.1 Å². The lowest BCUT2D eigenvalue weighted by molar-refractivity contribution is -0.146. The number of nitrogens with zero attached hydrogens (tertiary/aromatic N) is 2. The quantitative estimate of drug-likeness (QED) is 0.541. The van der Waals surface area contributed by atoms with Crippen LogP contribution < -0.4 is 10.6 Å². The number of methoxy groups -OCH3 is 2. The van der Waals surface area contributed by atoms with Crippen molar-refractivity contribution in [2.45, 2.75) is 12.7 Å². The van der Waals surface area contributed by atoms with E-state index in [1.54, 1.807) is 12.1 Å². The minimum Gasteiger partial charge on any atom is -0.465 e. The molecular formula is C21H19F3N4O5. The Morgan fingerprint density at radius 3 is 2.39 bits per heavy atom. The molecule has 0 spiro atoms. The van der Waals surface area contributed by atoms with Crippen molar-refractivity contribution in [3.63, 3.8) is 0 Å². The van der Waals surface area contributed by atoms with Crippen LogP contribution in [0.5, 0.6) is 0 Å². The second-order valence-corrected chi connectivity index (χ2v) is 6.70. The van der Waals surface area contributed by atoms with Gasteiger partial charge >= 0.3 is 24.1 Å². The number of halogens is 3. The Morgan fingerprint density at radius 2 is 1.73 bits per heavy atom. The van der Waals surface area contributed by atoms with Gasteiger partial charge in [-0.2, -0.15) is 13.2 Å². The van der Waals surface area contributed by atoms with E-state index >= 15 is 0 Å². The van der Waals surface area contributed by atoms with E-state index in [0.29, 0.717) is 0 Å². The fourth-order valence-electron chi connectivity index (χ4n) is 3.15. The summed E-state index contributed by atoms with van der Waals surface area (Å²) in [5, 5.41) is 4.83. The Bertz CT molecular complexity index is 1210. The third-order valence-corrected chi connectivity index (χ3v) is 4.62. The molecule has 33 heavy (non-hydrogen) atoms. The minimum absolute atomic E-state index is 0.0275. The fraction of sp³-hybridized carbons (Fsp3) is 0.238. The first-order valence-electron chi connectivity index (χ1n) is 9.53. The van der Waals surface area contributed by atoms with Gasteiger partial charge < -0.3 is 24.7 Å². The first kappa shape index (κ1) is 23.6. The smallest absolute Gasteiger partial charge is 0.449 e. The van der Waals surface area contributed by atoms with Crippen LogP contribution >= 0.6 is 0 Å². The normalized spacial score (nSPS) is 11.2. The third kappa shape index (κ3) is 5.22. The Morgan fingerprint density at radius 1 is 1.03 bits per heavy atom. The number of fused-ring (bicyclic) bond motifs is 1. The van der Waals surface area contributed by atoms with Crippen molar-refractivity contribution >= 4 is 34.7 Å². The minimum atomic E-state index is -4.68. The van der Waals surface area contributed by atoms with Crippen LogP contribution in [0.25, 0.3) is 11.0 Å². The molecule has 9 nitrogen and oxygen atoms in total. The van der Waals surface area contributed by atoms with Crippen LogP contribution in [0.2, 0.25) is 0 Å². The van der Waals surface area contributed by atoms with Crippen molar-refractivity contribution in [2.75, 3.05) is 26.1 Å². The average molecular weight is 464 g/mol. The van der Waals surface area contributed by atoms with Gasteiger partial charge in [-0.1, -0.05) is 12.1 Å². The number of amides is 2. The number of urea groups is 1. The summed E-state index contributed by atoms with van der Waals surface area (Å²) < 4.78 is 50.4. The number of esters is 2. The molecule has 0 fully saturated rings. The van der Waals surface area contributed by atoms with E-state index in [0.717, 1.165) is 11.7 Å². The first-order valence-corrected chi connectivity index (χ1v) is 9.53. The molecule has 0 saturated heterocycles. The molecule has 0 unspecified atom stereocenters. The topological polar surface area (TPSA) is 112 Å². The molecule has 0 aliphatic carbocycles. The number of benzene rings is 2. The molecule has 12 heteroatoms. The highest BCUT2D eigenvalue weighted by Crippen LogP contribution is 2.31. The Balaban J connectivity index is 1.75. The summed E-state index contributed by atoms with van der Waals surface area (Å²) in [6.45, 7) is -0.394. The number of anilines is 1. The SMILES string of the molecule is COC(=O)c1ccc(C(=O)OC)c(NC(=O)NCCn2c(C(F)(F)F)nc3ccccc32)c1. The molecular weight excluding hydrogens is 445 g/mol. The van der Waals surface area contributed by atoms with E-state index < -0.39 is 30.0 Å². The van der Waals surface area contributed by atoms with Gasteiger partial charge in [-0.05, 0) is 30.3 Å². The molecule has 2 amide bonds. The maximum atomic E-state index is 13.4. The summed E-state index contributed by atoms with van der Waals surface area (Å²) in [6.07, 6.45) is -4.68. The van der Waals surface area contributed by atoms with Crippen LogP contribution in [0.1, 0.15) is 26.5 Å². The van der Waals surface area contributed by atoms with E-state index in [2.05, 4.69) is 25.1 Å². The van der Waals surface area contributed by atoms with E-state index in [1.807, 2.05) is 0 Å². The summed E-state index contributed by atoms with van der Waals surface area (Å²) in [4.78, 5) is 39.7. The number of rotatable bonds is 6. The van der Waals surface area contributed by atoms with Crippen molar-refractivity contribution < 1.29 is 37.0 Å². The van der Waals surface area contributed by atoms with E-state index in [9.17, 15) is 27.6 Å². The average Bonchev–Trinajstić information content (AvgIpc) is 3.17. The summed E-state index contributed by atoms with van der Waals surface area (Å²) in [5.74, 6) is -2.53. The number of nitrogens with one attached hydrogen (secondary N) is 2. The molecule has 174 valence electrons. The molecule has 2 N–H and O–H groups in total. The Hall–Kier alpha value is -4.09. The number of para-hydroxylation sites is 2. The second-order valence-electron chi connectivity index (χ2n) is 6.70. The van der Waals surface area contributed by atoms with E-state index in [1.165, 1.54) is 37.4 Å². The van der Waals surface area contributed by atoms with Crippen molar-refractivity contribution in [1.29, 1.82) is 0 Å². The lowest BCUT2D eigenvalue weighted by atomic mass is 10.1. The zero-order valence-corrected chi connectivity index (χ0v) is 17.5. The first-order chi connectivity index (χ1) is 15.7. The molecule has 0 radical (unpaired) electrons. The molecule has 0 aliphatic heterocycles. The third-order valence-electron chi connectivity index (χ3n) is 4.62. The highest BCUT2D eigenvalue weighted by molar-refractivity contribution is 6.03. The predicted octanol–water partition coefficient (Wildman–Crippen LogP) is 3.45. The zero-order valence-electron chi connectivity index (χ0n) is 17.5. The van der Waals surface area contributed by atoms with Crippen LogP contribution in [0, 0.1) is 0 Å². The Labute approximate surface area is 185 Å². The van der Waals surface area contributed by atoms with Gasteiger partial charge in [0.1, 0.15) is 0 Å². The monoisotopic (exact) mass is 464 g/mol. The summed E-state index contributed by atoms with van der Waals surface area (Å²) >= 11 is 0. The summed E-state index contributed by atoms with van der Waals surface area (Å²) in [6, 6.07) is 9.15. The molecule has 0 atom stereocenters. The van der Waals surface area contributed by atoms with Gasteiger partial charge in [0.15, 0.2) is 0 Å². The molecule has 3 aromatic rings. The predicted molar refractivity (Wildman–Crippen MR) is 111 cm³/mol. The lowest BCUT2D eigenvalue weighted by Gasteiger charge is -2.14. The van der Waals surface area contributed by atoms with Crippen molar-refractivity contribution in [2.24, 2.45) is 0 Å². The van der Waals surface area contributed by atoms with Gasteiger partial charge in [0.25, 0.3) is 0 Å². The molecule has 3 rings (SSSR count). The highest BCUT2D eigenvalue weighted by atomic mass is 19.4. The number of carbonyl (C=O) groups is 3. The van der Waals surface area contributed by atoms with Crippen molar-refractivity contribution in [3.05, 3.63) is 59.4 Å². The second kappa shape index (κ2) is 9.59. The maximum Gasteiger partial charge on any atom is 0.449 e. The van der Waals surface area contributed by atoms with Gasteiger partial charge in [-0.15, -0.1) is 0 Å². The summed E-state index contributed by atoms with van der Waals surface area (Å²) in [5.41, 5.74) is 0.453. The zero-order chi connectivity index (χ0) is 24.2. The lowest BCUT2D eigenvalue weighted by Crippen LogP contribution is -2.32. The molecule has 2 aromatic carbocycles. The van der Waals surface area contributed by atoms with Gasteiger partial charge in [0.2, 0.25) is 5.82 Å². The molecule has 0 aliphatic rings. The number of imidazole rings is 1. The van der Waals surface area contributed by atoms with Crippen LogP contribution in [-0.4, -0.2) is 48.3 Å². The van der Waals surface area contributed by atoms with Crippen molar-refractivity contribution in [1.82, 2.24) is 14.9 Å².